The molecule has 0 aromatic carbocycles. The summed E-state index contributed by atoms with van der Waals surface area (Å²) in [7, 11) is 2.17. The van der Waals surface area contributed by atoms with Crippen LogP contribution in [0.3, 0.4) is 0 Å². The molecule has 1 rings (SSSR count). The number of ether oxygens (including phenoxy) is 1. The Hall–Kier alpha value is -0.610. The van der Waals surface area contributed by atoms with Gasteiger partial charge in [-0.15, -0.1) is 0 Å². The van der Waals surface area contributed by atoms with Crippen molar-refractivity contribution in [3.8, 4) is 0 Å². The molecule has 0 bridgehead atoms. The molecule has 0 spiro atoms. The highest BCUT2D eigenvalue weighted by molar-refractivity contribution is 5.70. The van der Waals surface area contributed by atoms with Gasteiger partial charge in [0.15, 0.2) is 0 Å². The molecule has 1 aliphatic rings. The van der Waals surface area contributed by atoms with Crippen LogP contribution in [0.1, 0.15) is 40.0 Å². The zero-order valence-electron chi connectivity index (χ0n) is 12.3. The van der Waals surface area contributed by atoms with Crippen molar-refractivity contribution in [2.75, 3.05) is 33.2 Å². The summed E-state index contributed by atoms with van der Waals surface area (Å²) in [4.78, 5) is 13.9. The summed E-state index contributed by atoms with van der Waals surface area (Å²) in [6.45, 7) is 9.83. The third kappa shape index (κ3) is 6.97. The second kappa shape index (κ2) is 7.10. The first-order valence-electron chi connectivity index (χ1n) is 6.98. The van der Waals surface area contributed by atoms with Gasteiger partial charge in [0, 0.05) is 6.54 Å². The lowest BCUT2D eigenvalue weighted by atomic mass is 9.97. The Morgan fingerprint density at radius 1 is 1.33 bits per heavy atom. The number of hydrogen-bond acceptors (Lipinski definition) is 4. The lowest BCUT2D eigenvalue weighted by Gasteiger charge is -2.29. The minimum absolute atomic E-state index is 0.113. The topological polar surface area (TPSA) is 41.6 Å². The fraction of sp³-hybridized carbons (Fsp3) is 0.929. The van der Waals surface area contributed by atoms with Crippen LogP contribution < -0.4 is 5.32 Å². The normalized spacial score (nSPS) is 18.9. The van der Waals surface area contributed by atoms with E-state index in [0.29, 0.717) is 6.42 Å². The number of nitrogens with one attached hydrogen (secondary N) is 1. The zero-order valence-corrected chi connectivity index (χ0v) is 12.3. The molecule has 0 saturated carbocycles. The van der Waals surface area contributed by atoms with Gasteiger partial charge in [0.05, 0.1) is 6.42 Å². The lowest BCUT2D eigenvalue weighted by molar-refractivity contribution is -0.154. The number of rotatable bonds is 5. The molecule has 4 heteroatoms. The van der Waals surface area contributed by atoms with Crippen LogP contribution in [0.4, 0.5) is 0 Å². The molecule has 0 unspecified atom stereocenters. The number of likely N-dealkylation sites (tertiary alicyclic amines) is 1. The van der Waals surface area contributed by atoms with Crippen molar-refractivity contribution in [1.29, 1.82) is 0 Å². The molecule has 1 N–H and O–H groups in total. The van der Waals surface area contributed by atoms with E-state index in [0.717, 1.165) is 19.0 Å². The maximum absolute atomic E-state index is 11.5. The van der Waals surface area contributed by atoms with Crippen LogP contribution in [0.2, 0.25) is 0 Å². The quantitative estimate of drug-likeness (QED) is 0.600. The van der Waals surface area contributed by atoms with Crippen molar-refractivity contribution in [2.45, 2.75) is 45.6 Å². The predicted octanol–water partition coefficient (Wildman–Crippen LogP) is 1.65. The summed E-state index contributed by atoms with van der Waals surface area (Å²) in [5, 5.41) is 3.37. The van der Waals surface area contributed by atoms with E-state index in [1.54, 1.807) is 0 Å². The van der Waals surface area contributed by atoms with Crippen LogP contribution in [-0.4, -0.2) is 49.7 Å². The first kappa shape index (κ1) is 15.4. The van der Waals surface area contributed by atoms with Crippen molar-refractivity contribution in [2.24, 2.45) is 5.92 Å². The van der Waals surface area contributed by atoms with Crippen molar-refractivity contribution < 1.29 is 9.53 Å². The molecular formula is C14H28N2O2. The smallest absolute Gasteiger partial charge is 0.307 e. The maximum atomic E-state index is 11.5. The summed E-state index contributed by atoms with van der Waals surface area (Å²) >= 11 is 0. The van der Waals surface area contributed by atoms with Gasteiger partial charge >= 0.3 is 5.97 Å². The SMILES string of the molecule is CN1CCC(CNCCC(=O)OC(C)(C)C)CC1. The number of carbonyl (C=O) groups excluding carboxylic acids is 1. The molecule has 1 aliphatic heterocycles. The molecule has 1 heterocycles. The first-order valence-corrected chi connectivity index (χ1v) is 6.98. The summed E-state index contributed by atoms with van der Waals surface area (Å²) in [6.07, 6.45) is 2.98. The van der Waals surface area contributed by atoms with Crippen LogP contribution in [0.25, 0.3) is 0 Å². The monoisotopic (exact) mass is 256 g/mol. The van der Waals surface area contributed by atoms with E-state index >= 15 is 0 Å². The summed E-state index contributed by atoms with van der Waals surface area (Å²) in [5.74, 6) is 0.651. The number of nitrogens with zero attached hydrogens (tertiary/aromatic N) is 1. The Labute approximate surface area is 111 Å². The molecule has 0 aromatic rings. The maximum Gasteiger partial charge on any atom is 0.307 e. The van der Waals surface area contributed by atoms with Crippen molar-refractivity contribution in [3.63, 3.8) is 0 Å². The Balaban J connectivity index is 2.03. The molecule has 0 radical (unpaired) electrons. The minimum Gasteiger partial charge on any atom is -0.460 e. The van der Waals surface area contributed by atoms with Gasteiger partial charge in [-0.05, 0) is 66.2 Å². The number of hydrogen-bond donors (Lipinski definition) is 1. The van der Waals surface area contributed by atoms with E-state index in [2.05, 4.69) is 17.3 Å². The van der Waals surface area contributed by atoms with Crippen LogP contribution >= 0.6 is 0 Å². The Morgan fingerprint density at radius 2 is 1.94 bits per heavy atom. The van der Waals surface area contributed by atoms with E-state index < -0.39 is 0 Å². The summed E-state index contributed by atoms with van der Waals surface area (Å²) < 4.78 is 5.26. The second-order valence-electron chi connectivity index (χ2n) is 6.29. The molecule has 0 aliphatic carbocycles. The van der Waals surface area contributed by atoms with E-state index in [1.165, 1.54) is 25.9 Å². The largest absolute Gasteiger partial charge is 0.460 e. The molecule has 18 heavy (non-hydrogen) atoms. The number of carbonyl (C=O) groups is 1. The third-order valence-electron chi connectivity index (χ3n) is 3.20. The highest BCUT2D eigenvalue weighted by Gasteiger charge is 2.17. The molecule has 0 aromatic heterocycles. The van der Waals surface area contributed by atoms with E-state index in [4.69, 9.17) is 4.74 Å². The van der Waals surface area contributed by atoms with Crippen LogP contribution in [0.5, 0.6) is 0 Å². The van der Waals surface area contributed by atoms with Gasteiger partial charge in [0.1, 0.15) is 5.60 Å². The van der Waals surface area contributed by atoms with Gasteiger partial charge in [0.2, 0.25) is 0 Å². The minimum atomic E-state index is -0.370. The third-order valence-corrected chi connectivity index (χ3v) is 3.20. The van der Waals surface area contributed by atoms with E-state index in [1.807, 2.05) is 20.8 Å². The van der Waals surface area contributed by atoms with Crippen molar-refractivity contribution in [3.05, 3.63) is 0 Å². The van der Waals surface area contributed by atoms with Gasteiger partial charge in [-0.2, -0.15) is 0 Å². The summed E-state index contributed by atoms with van der Waals surface area (Å²) in [6, 6.07) is 0. The molecule has 106 valence electrons. The highest BCUT2D eigenvalue weighted by atomic mass is 16.6. The molecule has 1 saturated heterocycles. The van der Waals surface area contributed by atoms with Crippen LogP contribution in [0.15, 0.2) is 0 Å². The summed E-state index contributed by atoms with van der Waals surface area (Å²) in [5.41, 5.74) is -0.370. The zero-order chi connectivity index (χ0) is 13.6. The number of piperidine rings is 1. The Bertz CT molecular complexity index is 253. The molecule has 0 atom stereocenters. The average molecular weight is 256 g/mol. The Kier molecular flexibility index (Phi) is 6.09. The van der Waals surface area contributed by atoms with Crippen molar-refractivity contribution in [1.82, 2.24) is 10.2 Å². The van der Waals surface area contributed by atoms with Gasteiger partial charge < -0.3 is 15.0 Å². The Morgan fingerprint density at radius 3 is 2.50 bits per heavy atom. The average Bonchev–Trinajstić information content (AvgIpc) is 2.24. The van der Waals surface area contributed by atoms with Gasteiger partial charge in [0.25, 0.3) is 0 Å². The van der Waals surface area contributed by atoms with E-state index in [9.17, 15) is 4.79 Å². The lowest BCUT2D eigenvalue weighted by Crippen LogP contribution is -2.35. The number of esters is 1. The molecular weight excluding hydrogens is 228 g/mol. The van der Waals surface area contributed by atoms with Gasteiger partial charge in [-0.1, -0.05) is 0 Å². The molecule has 4 nitrogen and oxygen atoms in total. The second-order valence-corrected chi connectivity index (χ2v) is 6.29. The predicted molar refractivity (Wildman–Crippen MR) is 73.6 cm³/mol. The molecule has 1 fully saturated rings. The fourth-order valence-electron chi connectivity index (χ4n) is 2.16. The fourth-order valence-corrected chi connectivity index (χ4v) is 2.16. The van der Waals surface area contributed by atoms with Crippen LogP contribution in [-0.2, 0) is 9.53 Å². The van der Waals surface area contributed by atoms with Gasteiger partial charge in [-0.3, -0.25) is 4.79 Å². The van der Waals surface area contributed by atoms with E-state index in [-0.39, 0.29) is 11.6 Å². The highest BCUT2D eigenvalue weighted by Crippen LogP contribution is 2.14. The van der Waals surface area contributed by atoms with Crippen LogP contribution in [0, 0.1) is 5.92 Å². The first-order chi connectivity index (χ1) is 8.37. The van der Waals surface area contributed by atoms with Gasteiger partial charge in [-0.25, -0.2) is 0 Å². The standard InChI is InChI=1S/C14H28N2O2/c1-14(2,3)18-13(17)5-8-15-11-12-6-9-16(4)10-7-12/h12,15H,5-11H2,1-4H3. The van der Waals surface area contributed by atoms with Crippen molar-refractivity contribution >= 4 is 5.97 Å². The molecule has 0 amide bonds.